The van der Waals surface area contributed by atoms with Crippen LogP contribution in [0.15, 0.2) is 23.0 Å². The fourth-order valence-corrected chi connectivity index (χ4v) is 1.95. The molecule has 0 bridgehead atoms. The van der Waals surface area contributed by atoms with Crippen molar-refractivity contribution in [2.75, 3.05) is 11.9 Å². The Morgan fingerprint density at radius 3 is 2.55 bits per heavy atom. The van der Waals surface area contributed by atoms with E-state index in [4.69, 9.17) is 14.4 Å². The molecule has 20 heavy (non-hydrogen) atoms. The van der Waals surface area contributed by atoms with Crippen molar-refractivity contribution >= 4 is 5.82 Å². The predicted molar refractivity (Wildman–Crippen MR) is 82.0 cm³/mol. The molecule has 0 atom stereocenters. The first-order valence-electron chi connectivity index (χ1n) is 7.09. The third-order valence-corrected chi connectivity index (χ3v) is 3.15. The van der Waals surface area contributed by atoms with Gasteiger partial charge in [0.05, 0.1) is 18.2 Å². The summed E-state index contributed by atoms with van der Waals surface area (Å²) in [5.74, 6) is 1.76. The number of rotatable bonds is 4. The maximum atomic E-state index is 5.19. The van der Waals surface area contributed by atoms with Crippen molar-refractivity contribution in [3.8, 4) is 11.3 Å². The third kappa shape index (κ3) is 3.00. The van der Waals surface area contributed by atoms with Crippen molar-refractivity contribution in [2.45, 2.75) is 46.5 Å². The largest absolute Gasteiger partial charge is 0.472 e. The van der Waals surface area contributed by atoms with E-state index >= 15 is 0 Å². The molecule has 0 aliphatic heterocycles. The van der Waals surface area contributed by atoms with E-state index in [2.05, 4.69) is 33.0 Å². The minimum Gasteiger partial charge on any atom is -0.472 e. The zero-order valence-electron chi connectivity index (χ0n) is 12.9. The predicted octanol–water partition coefficient (Wildman–Crippen LogP) is 4.16. The van der Waals surface area contributed by atoms with E-state index in [0.29, 0.717) is 0 Å². The zero-order chi connectivity index (χ0) is 14.8. The first kappa shape index (κ1) is 14.6. The number of hydrogen-bond acceptors (Lipinski definition) is 4. The summed E-state index contributed by atoms with van der Waals surface area (Å²) in [5, 5.41) is 3.40. The summed E-state index contributed by atoms with van der Waals surface area (Å²) in [5.41, 5.74) is 2.91. The molecule has 2 heterocycles. The van der Waals surface area contributed by atoms with Gasteiger partial charge in [0.25, 0.3) is 0 Å². The SMILES string of the molecule is CCCNc1nc(C(C)(C)C)nc(-c2ccoc2)c1C. The molecule has 0 aliphatic carbocycles. The van der Waals surface area contributed by atoms with Crippen LogP contribution in [0.3, 0.4) is 0 Å². The summed E-state index contributed by atoms with van der Waals surface area (Å²) < 4.78 is 5.19. The molecule has 4 nitrogen and oxygen atoms in total. The van der Waals surface area contributed by atoms with Gasteiger partial charge >= 0.3 is 0 Å². The molecule has 0 radical (unpaired) electrons. The van der Waals surface area contributed by atoms with Crippen LogP contribution in [-0.4, -0.2) is 16.5 Å². The molecule has 2 aromatic rings. The lowest BCUT2D eigenvalue weighted by atomic mass is 9.95. The van der Waals surface area contributed by atoms with Crippen LogP contribution in [0, 0.1) is 6.92 Å². The molecule has 108 valence electrons. The Hall–Kier alpha value is -1.84. The van der Waals surface area contributed by atoms with Gasteiger partial charge in [-0.2, -0.15) is 0 Å². The van der Waals surface area contributed by atoms with Crippen LogP contribution < -0.4 is 5.32 Å². The van der Waals surface area contributed by atoms with E-state index in [0.717, 1.165) is 41.4 Å². The third-order valence-electron chi connectivity index (χ3n) is 3.15. The van der Waals surface area contributed by atoms with Crippen molar-refractivity contribution < 1.29 is 4.42 Å². The average molecular weight is 273 g/mol. The van der Waals surface area contributed by atoms with Gasteiger partial charge in [-0.05, 0) is 19.4 Å². The summed E-state index contributed by atoms with van der Waals surface area (Å²) in [6.07, 6.45) is 4.47. The van der Waals surface area contributed by atoms with Gasteiger partial charge in [0.2, 0.25) is 0 Å². The Kier molecular flexibility index (Phi) is 4.12. The Labute approximate surface area is 120 Å². The molecule has 0 fully saturated rings. The Balaban J connectivity index is 2.55. The van der Waals surface area contributed by atoms with Crippen LogP contribution in [0.25, 0.3) is 11.3 Å². The Morgan fingerprint density at radius 2 is 2.00 bits per heavy atom. The molecular weight excluding hydrogens is 250 g/mol. The molecule has 0 amide bonds. The normalized spacial score (nSPS) is 11.7. The summed E-state index contributed by atoms with van der Waals surface area (Å²) in [7, 11) is 0. The highest BCUT2D eigenvalue weighted by Gasteiger charge is 2.21. The average Bonchev–Trinajstić information content (AvgIpc) is 2.90. The van der Waals surface area contributed by atoms with Gasteiger partial charge in [0.1, 0.15) is 11.6 Å². The van der Waals surface area contributed by atoms with E-state index in [1.807, 2.05) is 13.0 Å². The van der Waals surface area contributed by atoms with Gasteiger partial charge in [-0.3, -0.25) is 0 Å². The van der Waals surface area contributed by atoms with E-state index in [9.17, 15) is 0 Å². The van der Waals surface area contributed by atoms with Gasteiger partial charge in [0, 0.05) is 23.1 Å². The van der Waals surface area contributed by atoms with Crippen molar-refractivity contribution in [1.29, 1.82) is 0 Å². The quantitative estimate of drug-likeness (QED) is 0.908. The van der Waals surface area contributed by atoms with Crippen LogP contribution in [0.4, 0.5) is 5.82 Å². The van der Waals surface area contributed by atoms with Crippen molar-refractivity contribution in [2.24, 2.45) is 0 Å². The fourth-order valence-electron chi connectivity index (χ4n) is 1.95. The maximum absolute atomic E-state index is 5.19. The number of anilines is 1. The van der Waals surface area contributed by atoms with Crippen LogP contribution >= 0.6 is 0 Å². The zero-order valence-corrected chi connectivity index (χ0v) is 12.9. The van der Waals surface area contributed by atoms with Crippen molar-refractivity contribution in [3.05, 3.63) is 30.0 Å². The second kappa shape index (κ2) is 5.65. The smallest absolute Gasteiger partial charge is 0.136 e. The highest BCUT2D eigenvalue weighted by Crippen LogP contribution is 2.29. The van der Waals surface area contributed by atoms with Gasteiger partial charge in [-0.15, -0.1) is 0 Å². The standard InChI is InChI=1S/C16H23N3O/c1-6-8-17-14-11(2)13(12-7-9-20-10-12)18-15(19-14)16(3,4)5/h7,9-10H,6,8H2,1-5H3,(H,17,18,19). The second-order valence-corrected chi connectivity index (χ2v) is 6.06. The lowest BCUT2D eigenvalue weighted by molar-refractivity contribution is 0.545. The first-order chi connectivity index (χ1) is 9.43. The fraction of sp³-hybridized carbons (Fsp3) is 0.500. The van der Waals surface area contributed by atoms with Crippen molar-refractivity contribution in [3.63, 3.8) is 0 Å². The molecule has 2 rings (SSSR count). The molecule has 0 saturated heterocycles. The number of nitrogens with one attached hydrogen (secondary N) is 1. The van der Waals surface area contributed by atoms with Gasteiger partial charge in [0.15, 0.2) is 0 Å². The Morgan fingerprint density at radius 1 is 1.25 bits per heavy atom. The molecule has 0 saturated carbocycles. The summed E-state index contributed by atoms with van der Waals surface area (Å²) in [4.78, 5) is 9.44. The molecule has 1 N–H and O–H groups in total. The summed E-state index contributed by atoms with van der Waals surface area (Å²) >= 11 is 0. The van der Waals surface area contributed by atoms with Gasteiger partial charge in [-0.25, -0.2) is 9.97 Å². The lowest BCUT2D eigenvalue weighted by Gasteiger charge is -2.20. The monoisotopic (exact) mass is 273 g/mol. The van der Waals surface area contributed by atoms with Gasteiger partial charge < -0.3 is 9.73 Å². The van der Waals surface area contributed by atoms with Crippen LogP contribution in [0.2, 0.25) is 0 Å². The minimum absolute atomic E-state index is 0.0885. The molecule has 0 aromatic carbocycles. The van der Waals surface area contributed by atoms with E-state index in [1.165, 1.54) is 0 Å². The molecule has 0 aliphatic rings. The number of furan rings is 1. The number of hydrogen-bond donors (Lipinski definition) is 1. The van der Waals surface area contributed by atoms with Gasteiger partial charge in [-0.1, -0.05) is 27.7 Å². The summed E-state index contributed by atoms with van der Waals surface area (Å²) in [6, 6.07) is 1.94. The second-order valence-electron chi connectivity index (χ2n) is 6.06. The van der Waals surface area contributed by atoms with Crippen LogP contribution in [0.5, 0.6) is 0 Å². The molecule has 0 spiro atoms. The highest BCUT2D eigenvalue weighted by molar-refractivity contribution is 5.67. The molecule has 4 heteroatoms. The van der Waals surface area contributed by atoms with Crippen LogP contribution in [0.1, 0.15) is 45.5 Å². The molecule has 0 unspecified atom stereocenters. The number of aromatic nitrogens is 2. The van der Waals surface area contributed by atoms with E-state index in [1.54, 1.807) is 12.5 Å². The van der Waals surface area contributed by atoms with Crippen LogP contribution in [-0.2, 0) is 5.41 Å². The molecule has 2 aromatic heterocycles. The van der Waals surface area contributed by atoms with Crippen molar-refractivity contribution in [1.82, 2.24) is 9.97 Å². The summed E-state index contributed by atoms with van der Waals surface area (Å²) in [6.45, 7) is 11.5. The highest BCUT2D eigenvalue weighted by atomic mass is 16.3. The van der Waals surface area contributed by atoms with E-state index in [-0.39, 0.29) is 5.41 Å². The van der Waals surface area contributed by atoms with E-state index < -0.39 is 0 Å². The minimum atomic E-state index is -0.0885. The Bertz CT molecular complexity index is 568. The topological polar surface area (TPSA) is 51.0 Å². The lowest BCUT2D eigenvalue weighted by Crippen LogP contribution is -2.19. The first-order valence-corrected chi connectivity index (χ1v) is 7.09. The number of nitrogens with zero attached hydrogens (tertiary/aromatic N) is 2. The molecular formula is C16H23N3O. The maximum Gasteiger partial charge on any atom is 0.136 e.